The van der Waals surface area contributed by atoms with Gasteiger partial charge in [0.2, 0.25) is 0 Å². The minimum atomic E-state index is 0.281. The summed E-state index contributed by atoms with van der Waals surface area (Å²) < 4.78 is 0. The summed E-state index contributed by atoms with van der Waals surface area (Å²) >= 11 is 1.64. The fourth-order valence-corrected chi connectivity index (χ4v) is 2.30. The standard InChI is InChI=1S/C11H20N2OS/c1-3-4-10(5-6-14)7-12-11-13-9(2)8-15-11/h8,10,14H,3-7H2,1-2H3,(H,12,13). The number of aryl methyl sites for hydroxylation is 1. The molecule has 4 heteroatoms. The van der Waals surface area contributed by atoms with Gasteiger partial charge in [0.15, 0.2) is 5.13 Å². The van der Waals surface area contributed by atoms with Crippen LogP contribution in [0.1, 0.15) is 31.9 Å². The Morgan fingerprint density at radius 3 is 2.87 bits per heavy atom. The van der Waals surface area contributed by atoms with Gasteiger partial charge in [-0.15, -0.1) is 11.3 Å². The second kappa shape index (κ2) is 6.80. The molecular formula is C11H20N2OS. The predicted octanol–water partition coefficient (Wildman–Crippen LogP) is 2.66. The zero-order chi connectivity index (χ0) is 11.1. The molecule has 0 fully saturated rings. The SMILES string of the molecule is CCCC(CCO)CNc1nc(C)cs1. The highest BCUT2D eigenvalue weighted by Crippen LogP contribution is 2.17. The van der Waals surface area contributed by atoms with E-state index in [4.69, 9.17) is 5.11 Å². The number of aliphatic hydroxyl groups is 1. The van der Waals surface area contributed by atoms with Gasteiger partial charge in [-0.3, -0.25) is 0 Å². The summed E-state index contributed by atoms with van der Waals surface area (Å²) in [5, 5.41) is 15.3. The van der Waals surface area contributed by atoms with Crippen molar-refractivity contribution in [2.75, 3.05) is 18.5 Å². The van der Waals surface area contributed by atoms with Gasteiger partial charge in [-0.1, -0.05) is 13.3 Å². The Bertz CT molecular complexity index is 269. The molecule has 0 aromatic carbocycles. The number of nitrogens with one attached hydrogen (secondary N) is 1. The van der Waals surface area contributed by atoms with E-state index in [1.807, 2.05) is 12.3 Å². The number of rotatable bonds is 7. The first-order valence-electron chi connectivity index (χ1n) is 5.53. The predicted molar refractivity (Wildman–Crippen MR) is 65.4 cm³/mol. The van der Waals surface area contributed by atoms with E-state index in [2.05, 4.69) is 17.2 Å². The van der Waals surface area contributed by atoms with Crippen LogP contribution in [0, 0.1) is 12.8 Å². The highest BCUT2D eigenvalue weighted by Gasteiger charge is 2.07. The normalized spacial score (nSPS) is 12.7. The first-order chi connectivity index (χ1) is 7.26. The quantitative estimate of drug-likeness (QED) is 0.754. The molecule has 0 amide bonds. The first kappa shape index (κ1) is 12.5. The summed E-state index contributed by atoms with van der Waals surface area (Å²) in [6.45, 7) is 5.38. The van der Waals surface area contributed by atoms with E-state index in [1.54, 1.807) is 11.3 Å². The average Bonchev–Trinajstić information content (AvgIpc) is 2.61. The molecule has 2 N–H and O–H groups in total. The van der Waals surface area contributed by atoms with Crippen molar-refractivity contribution in [1.29, 1.82) is 0 Å². The van der Waals surface area contributed by atoms with E-state index in [9.17, 15) is 0 Å². The summed E-state index contributed by atoms with van der Waals surface area (Å²) in [7, 11) is 0. The maximum absolute atomic E-state index is 8.92. The molecule has 1 rings (SSSR count). The molecule has 0 aliphatic carbocycles. The minimum Gasteiger partial charge on any atom is -0.396 e. The molecule has 86 valence electrons. The summed E-state index contributed by atoms with van der Waals surface area (Å²) in [6, 6.07) is 0. The van der Waals surface area contributed by atoms with E-state index < -0.39 is 0 Å². The smallest absolute Gasteiger partial charge is 0.182 e. The Hall–Kier alpha value is -0.610. The molecule has 1 heterocycles. The third-order valence-electron chi connectivity index (χ3n) is 2.40. The molecule has 1 aromatic heterocycles. The average molecular weight is 228 g/mol. The Kier molecular flexibility index (Phi) is 5.65. The topological polar surface area (TPSA) is 45.1 Å². The fraction of sp³-hybridized carbons (Fsp3) is 0.727. The van der Waals surface area contributed by atoms with Crippen LogP contribution in [0.4, 0.5) is 5.13 Å². The van der Waals surface area contributed by atoms with E-state index in [-0.39, 0.29) is 6.61 Å². The molecule has 1 unspecified atom stereocenters. The zero-order valence-electron chi connectivity index (χ0n) is 9.49. The van der Waals surface area contributed by atoms with Gasteiger partial charge in [-0.2, -0.15) is 0 Å². The number of nitrogens with zero attached hydrogens (tertiary/aromatic N) is 1. The van der Waals surface area contributed by atoms with E-state index in [1.165, 1.54) is 6.42 Å². The Labute approximate surface area is 95.6 Å². The fourth-order valence-electron chi connectivity index (χ4n) is 1.61. The molecular weight excluding hydrogens is 208 g/mol. The van der Waals surface area contributed by atoms with Crippen LogP contribution < -0.4 is 5.32 Å². The van der Waals surface area contributed by atoms with Crippen LogP contribution in [0.15, 0.2) is 5.38 Å². The van der Waals surface area contributed by atoms with Crippen molar-refractivity contribution in [3.8, 4) is 0 Å². The number of thiazole rings is 1. The van der Waals surface area contributed by atoms with Crippen molar-refractivity contribution in [3.05, 3.63) is 11.1 Å². The lowest BCUT2D eigenvalue weighted by atomic mass is 10.0. The van der Waals surface area contributed by atoms with Crippen molar-refractivity contribution in [2.45, 2.75) is 33.1 Å². The maximum atomic E-state index is 8.92. The number of aliphatic hydroxyl groups excluding tert-OH is 1. The van der Waals surface area contributed by atoms with Gasteiger partial charge in [0.1, 0.15) is 0 Å². The lowest BCUT2D eigenvalue weighted by molar-refractivity contribution is 0.255. The molecule has 1 atom stereocenters. The van der Waals surface area contributed by atoms with Crippen molar-refractivity contribution >= 4 is 16.5 Å². The molecule has 0 saturated heterocycles. The van der Waals surface area contributed by atoms with Crippen LogP contribution in [0.2, 0.25) is 0 Å². The van der Waals surface area contributed by atoms with Crippen molar-refractivity contribution < 1.29 is 5.11 Å². The van der Waals surface area contributed by atoms with Crippen LogP contribution >= 0.6 is 11.3 Å². The summed E-state index contributed by atoms with van der Waals surface area (Å²) in [6.07, 6.45) is 3.21. The molecule has 0 bridgehead atoms. The lowest BCUT2D eigenvalue weighted by Crippen LogP contribution is -2.15. The maximum Gasteiger partial charge on any atom is 0.182 e. The molecule has 0 spiro atoms. The Balaban J connectivity index is 2.32. The molecule has 0 aliphatic rings. The van der Waals surface area contributed by atoms with E-state index in [0.717, 1.165) is 30.2 Å². The largest absolute Gasteiger partial charge is 0.396 e. The van der Waals surface area contributed by atoms with Crippen molar-refractivity contribution in [2.24, 2.45) is 5.92 Å². The molecule has 15 heavy (non-hydrogen) atoms. The van der Waals surface area contributed by atoms with Crippen LogP contribution in [-0.2, 0) is 0 Å². The lowest BCUT2D eigenvalue weighted by Gasteiger charge is -2.14. The van der Waals surface area contributed by atoms with Crippen molar-refractivity contribution in [1.82, 2.24) is 4.98 Å². The molecule has 0 radical (unpaired) electrons. The van der Waals surface area contributed by atoms with E-state index >= 15 is 0 Å². The monoisotopic (exact) mass is 228 g/mol. The van der Waals surface area contributed by atoms with Crippen LogP contribution in [-0.4, -0.2) is 23.2 Å². The molecule has 0 aliphatic heterocycles. The first-order valence-corrected chi connectivity index (χ1v) is 6.41. The van der Waals surface area contributed by atoms with Gasteiger partial charge < -0.3 is 10.4 Å². The van der Waals surface area contributed by atoms with Crippen LogP contribution in [0.25, 0.3) is 0 Å². The molecule has 1 aromatic rings. The number of aromatic nitrogens is 1. The third-order valence-corrected chi connectivity index (χ3v) is 3.31. The molecule has 0 saturated carbocycles. The summed E-state index contributed by atoms with van der Waals surface area (Å²) in [5.41, 5.74) is 1.07. The van der Waals surface area contributed by atoms with Gasteiger partial charge in [0, 0.05) is 18.5 Å². The van der Waals surface area contributed by atoms with Crippen molar-refractivity contribution in [3.63, 3.8) is 0 Å². The van der Waals surface area contributed by atoms with Crippen LogP contribution in [0.3, 0.4) is 0 Å². The number of hydrogen-bond acceptors (Lipinski definition) is 4. The molecule has 3 nitrogen and oxygen atoms in total. The van der Waals surface area contributed by atoms with Gasteiger partial charge >= 0.3 is 0 Å². The summed E-state index contributed by atoms with van der Waals surface area (Å²) in [4.78, 5) is 4.35. The summed E-state index contributed by atoms with van der Waals surface area (Å²) in [5.74, 6) is 0.559. The second-order valence-electron chi connectivity index (χ2n) is 3.84. The zero-order valence-corrected chi connectivity index (χ0v) is 10.3. The Morgan fingerprint density at radius 1 is 1.53 bits per heavy atom. The number of anilines is 1. The number of hydrogen-bond donors (Lipinski definition) is 2. The highest BCUT2D eigenvalue weighted by atomic mass is 32.1. The van der Waals surface area contributed by atoms with Crippen LogP contribution in [0.5, 0.6) is 0 Å². The second-order valence-corrected chi connectivity index (χ2v) is 4.70. The third kappa shape index (κ3) is 4.62. The van der Waals surface area contributed by atoms with Gasteiger partial charge in [0.05, 0.1) is 5.69 Å². The minimum absolute atomic E-state index is 0.281. The van der Waals surface area contributed by atoms with Gasteiger partial charge in [-0.25, -0.2) is 4.98 Å². The van der Waals surface area contributed by atoms with Gasteiger partial charge in [-0.05, 0) is 25.7 Å². The van der Waals surface area contributed by atoms with Gasteiger partial charge in [0.25, 0.3) is 0 Å². The van der Waals surface area contributed by atoms with E-state index in [0.29, 0.717) is 5.92 Å². The highest BCUT2D eigenvalue weighted by molar-refractivity contribution is 7.13. The Morgan fingerprint density at radius 2 is 2.33 bits per heavy atom.